The van der Waals surface area contributed by atoms with Crippen LogP contribution < -0.4 is 5.32 Å². The summed E-state index contributed by atoms with van der Waals surface area (Å²) in [5, 5.41) is 2.79. The van der Waals surface area contributed by atoms with Crippen molar-refractivity contribution in [3.63, 3.8) is 0 Å². The minimum Gasteiger partial charge on any atom is -0.465 e. The third-order valence-corrected chi connectivity index (χ3v) is 3.77. The second-order valence-corrected chi connectivity index (χ2v) is 6.35. The number of aryl methyl sites for hydroxylation is 2. The quantitative estimate of drug-likeness (QED) is 0.838. The van der Waals surface area contributed by atoms with Crippen molar-refractivity contribution in [2.24, 2.45) is 0 Å². The largest absolute Gasteiger partial charge is 0.465 e. The van der Waals surface area contributed by atoms with Crippen LogP contribution >= 0.6 is 0 Å². The summed E-state index contributed by atoms with van der Waals surface area (Å²) in [6, 6.07) is 11.3. The predicted molar refractivity (Wildman–Crippen MR) is 97.2 cm³/mol. The van der Waals surface area contributed by atoms with Gasteiger partial charge in [-0.05, 0) is 45.2 Å². The molecule has 0 fully saturated rings. The number of nitrogens with one attached hydrogen (secondary N) is 1. The molecule has 1 N–H and O–H groups in total. The lowest BCUT2D eigenvalue weighted by Gasteiger charge is -2.21. The maximum Gasteiger partial charge on any atom is 0.243 e. The highest BCUT2D eigenvalue weighted by molar-refractivity contribution is 5.94. The number of benzene rings is 1. The smallest absolute Gasteiger partial charge is 0.243 e. The molecule has 6 heteroatoms. The van der Waals surface area contributed by atoms with Crippen molar-refractivity contribution in [2.75, 3.05) is 32.5 Å². The number of carbonyl (C=O) groups is 2. The Labute approximate surface area is 148 Å². The molecular weight excluding hydrogens is 318 g/mol. The van der Waals surface area contributed by atoms with E-state index in [0.717, 1.165) is 22.8 Å². The van der Waals surface area contributed by atoms with Gasteiger partial charge in [-0.3, -0.25) is 14.5 Å². The van der Waals surface area contributed by atoms with E-state index in [9.17, 15) is 9.59 Å². The van der Waals surface area contributed by atoms with Crippen molar-refractivity contribution in [2.45, 2.75) is 20.4 Å². The van der Waals surface area contributed by atoms with Gasteiger partial charge in [-0.2, -0.15) is 0 Å². The Morgan fingerprint density at radius 1 is 1.00 bits per heavy atom. The summed E-state index contributed by atoms with van der Waals surface area (Å²) in [6.07, 6.45) is 0. The van der Waals surface area contributed by atoms with E-state index in [1.54, 1.807) is 7.05 Å². The molecule has 0 spiro atoms. The van der Waals surface area contributed by atoms with Crippen LogP contribution in [0.3, 0.4) is 0 Å². The summed E-state index contributed by atoms with van der Waals surface area (Å²) in [5.74, 6) is 1.32. The number of anilines is 1. The normalized spacial score (nSPS) is 10.8. The van der Waals surface area contributed by atoms with Gasteiger partial charge in [0.15, 0.2) is 0 Å². The summed E-state index contributed by atoms with van der Waals surface area (Å²) in [7, 11) is 3.47. The fourth-order valence-electron chi connectivity index (χ4n) is 2.38. The van der Waals surface area contributed by atoms with Gasteiger partial charge in [0.25, 0.3) is 0 Å². The number of furan rings is 1. The van der Waals surface area contributed by atoms with Gasteiger partial charge in [0.05, 0.1) is 19.6 Å². The van der Waals surface area contributed by atoms with Crippen LogP contribution in [-0.2, 0) is 16.1 Å². The summed E-state index contributed by atoms with van der Waals surface area (Å²) in [4.78, 5) is 27.6. The maximum absolute atomic E-state index is 12.3. The fourth-order valence-corrected chi connectivity index (χ4v) is 2.38. The Bertz CT molecular complexity index is 722. The van der Waals surface area contributed by atoms with Gasteiger partial charge in [0.1, 0.15) is 11.5 Å². The monoisotopic (exact) mass is 343 g/mol. The zero-order valence-electron chi connectivity index (χ0n) is 15.2. The van der Waals surface area contributed by atoms with E-state index in [4.69, 9.17) is 4.42 Å². The summed E-state index contributed by atoms with van der Waals surface area (Å²) in [6.45, 7) is 4.64. The lowest BCUT2D eigenvalue weighted by molar-refractivity contribution is -0.134. The number of likely N-dealkylation sites (N-methyl/N-ethyl adjacent to an activating group) is 2. The molecule has 0 saturated heterocycles. The average Bonchev–Trinajstić information content (AvgIpc) is 2.94. The molecule has 0 atom stereocenters. The second-order valence-electron chi connectivity index (χ2n) is 6.35. The molecular formula is C19H25N3O3. The van der Waals surface area contributed by atoms with Crippen molar-refractivity contribution < 1.29 is 14.0 Å². The van der Waals surface area contributed by atoms with Gasteiger partial charge in [-0.1, -0.05) is 17.7 Å². The van der Waals surface area contributed by atoms with E-state index in [0.29, 0.717) is 6.54 Å². The van der Waals surface area contributed by atoms with Gasteiger partial charge < -0.3 is 14.6 Å². The van der Waals surface area contributed by atoms with E-state index in [1.165, 1.54) is 4.90 Å². The lowest BCUT2D eigenvalue weighted by Crippen LogP contribution is -2.40. The summed E-state index contributed by atoms with van der Waals surface area (Å²) in [5.41, 5.74) is 1.85. The second kappa shape index (κ2) is 8.48. The number of hydrogen-bond acceptors (Lipinski definition) is 4. The Balaban J connectivity index is 1.78. The molecule has 2 aromatic rings. The Morgan fingerprint density at radius 3 is 2.28 bits per heavy atom. The number of carbonyl (C=O) groups excluding carboxylic acids is 2. The molecule has 0 saturated carbocycles. The molecule has 1 aromatic carbocycles. The molecule has 2 amide bonds. The number of rotatable bonds is 7. The lowest BCUT2D eigenvalue weighted by atomic mass is 10.2. The highest BCUT2D eigenvalue weighted by Gasteiger charge is 2.16. The third kappa shape index (κ3) is 6.08. The standard InChI is InChI=1S/C19H25N3O3/c1-14-5-8-16(9-6-14)20-18(23)12-22(4)19(24)13-21(3)11-17-10-7-15(2)25-17/h5-10H,11-13H2,1-4H3,(H,20,23). The first kappa shape index (κ1) is 18.7. The summed E-state index contributed by atoms with van der Waals surface area (Å²) >= 11 is 0. The molecule has 0 radical (unpaired) electrons. The van der Waals surface area contributed by atoms with Gasteiger partial charge in [-0.25, -0.2) is 0 Å². The number of nitrogens with zero attached hydrogens (tertiary/aromatic N) is 2. The van der Waals surface area contributed by atoms with Crippen LogP contribution in [0.2, 0.25) is 0 Å². The van der Waals surface area contributed by atoms with E-state index in [2.05, 4.69) is 5.32 Å². The molecule has 25 heavy (non-hydrogen) atoms. The van der Waals surface area contributed by atoms with Crippen LogP contribution in [0, 0.1) is 13.8 Å². The summed E-state index contributed by atoms with van der Waals surface area (Å²) < 4.78 is 5.50. The first-order valence-corrected chi connectivity index (χ1v) is 8.18. The SMILES string of the molecule is Cc1ccc(NC(=O)CN(C)C(=O)CN(C)Cc2ccc(C)o2)cc1. The van der Waals surface area contributed by atoms with Crippen molar-refractivity contribution >= 4 is 17.5 Å². The van der Waals surface area contributed by atoms with Gasteiger partial charge in [0, 0.05) is 12.7 Å². The third-order valence-electron chi connectivity index (χ3n) is 3.77. The van der Waals surface area contributed by atoms with Crippen LogP contribution in [0.5, 0.6) is 0 Å². The number of amides is 2. The van der Waals surface area contributed by atoms with E-state index in [-0.39, 0.29) is 24.9 Å². The van der Waals surface area contributed by atoms with Crippen molar-refractivity contribution in [3.05, 3.63) is 53.5 Å². The van der Waals surface area contributed by atoms with Crippen molar-refractivity contribution in [3.8, 4) is 0 Å². The first-order chi connectivity index (χ1) is 11.8. The average molecular weight is 343 g/mol. The Hall–Kier alpha value is -2.60. The van der Waals surface area contributed by atoms with E-state index < -0.39 is 0 Å². The van der Waals surface area contributed by atoms with Crippen LogP contribution in [0.25, 0.3) is 0 Å². The molecule has 134 valence electrons. The van der Waals surface area contributed by atoms with Gasteiger partial charge in [0.2, 0.25) is 11.8 Å². The van der Waals surface area contributed by atoms with Crippen LogP contribution in [0.4, 0.5) is 5.69 Å². The molecule has 0 bridgehead atoms. The molecule has 1 aromatic heterocycles. The molecule has 0 aliphatic carbocycles. The predicted octanol–water partition coefficient (Wildman–Crippen LogP) is 2.43. The Morgan fingerprint density at radius 2 is 1.68 bits per heavy atom. The molecule has 2 rings (SSSR count). The van der Waals surface area contributed by atoms with Crippen LogP contribution in [0.1, 0.15) is 17.1 Å². The zero-order chi connectivity index (χ0) is 18.4. The van der Waals surface area contributed by atoms with E-state index >= 15 is 0 Å². The van der Waals surface area contributed by atoms with Crippen molar-refractivity contribution in [1.29, 1.82) is 0 Å². The first-order valence-electron chi connectivity index (χ1n) is 8.18. The molecule has 0 aliphatic rings. The molecule has 6 nitrogen and oxygen atoms in total. The fraction of sp³-hybridized carbons (Fsp3) is 0.368. The molecule has 0 unspecified atom stereocenters. The van der Waals surface area contributed by atoms with Gasteiger partial charge >= 0.3 is 0 Å². The van der Waals surface area contributed by atoms with Crippen LogP contribution in [-0.4, -0.2) is 48.8 Å². The minimum atomic E-state index is -0.219. The van der Waals surface area contributed by atoms with Gasteiger partial charge in [-0.15, -0.1) is 0 Å². The molecule has 1 heterocycles. The van der Waals surface area contributed by atoms with Crippen molar-refractivity contribution in [1.82, 2.24) is 9.80 Å². The van der Waals surface area contributed by atoms with Crippen LogP contribution in [0.15, 0.2) is 40.8 Å². The topological polar surface area (TPSA) is 65.8 Å². The highest BCUT2D eigenvalue weighted by Crippen LogP contribution is 2.09. The Kier molecular flexibility index (Phi) is 6.36. The zero-order valence-corrected chi connectivity index (χ0v) is 15.2. The minimum absolute atomic E-state index is 0.0143. The number of hydrogen-bond donors (Lipinski definition) is 1. The highest BCUT2D eigenvalue weighted by atomic mass is 16.3. The molecule has 0 aliphatic heterocycles. The van der Waals surface area contributed by atoms with E-state index in [1.807, 2.05) is 62.2 Å². The maximum atomic E-state index is 12.3.